The first-order chi connectivity index (χ1) is 7.56. The Balaban J connectivity index is 3.44. The van der Waals surface area contributed by atoms with Crippen LogP contribution in [-0.2, 0) is 14.4 Å². The molecule has 0 radical (unpaired) electrons. The summed E-state index contributed by atoms with van der Waals surface area (Å²) in [5, 5.41) is 13.2. The number of nitrogens with two attached hydrogens (primary N) is 1. The zero-order valence-electron chi connectivity index (χ0n) is 8.99. The van der Waals surface area contributed by atoms with Crippen LogP contribution in [0, 0.1) is 0 Å². The van der Waals surface area contributed by atoms with Gasteiger partial charge in [0.25, 0.3) is 0 Å². The van der Waals surface area contributed by atoms with E-state index < -0.39 is 5.97 Å². The highest BCUT2D eigenvalue weighted by Gasteiger charge is 2.04. The molecule has 0 fully saturated rings. The van der Waals surface area contributed by atoms with Gasteiger partial charge in [-0.25, -0.2) is 0 Å². The van der Waals surface area contributed by atoms with E-state index in [2.05, 4.69) is 10.6 Å². The fourth-order valence-corrected chi connectivity index (χ4v) is 0.928. The van der Waals surface area contributed by atoms with E-state index in [0.717, 1.165) is 0 Å². The highest BCUT2D eigenvalue weighted by molar-refractivity contribution is 5.84. The summed E-state index contributed by atoms with van der Waals surface area (Å²) in [6, 6.07) is 0. The zero-order chi connectivity index (χ0) is 12.4. The molecule has 0 heterocycles. The standard InChI is InChI=1S/C9H17N3O4/c10-4-3-7(13)12-6-8(14)11-5-1-2-9(15)16/h1-6,10H2,(H,11,14)(H,12,13)(H,15,16). The van der Waals surface area contributed by atoms with E-state index in [1.165, 1.54) is 0 Å². The molecular formula is C9H17N3O4. The number of hydrogen-bond donors (Lipinski definition) is 4. The van der Waals surface area contributed by atoms with E-state index in [9.17, 15) is 14.4 Å². The van der Waals surface area contributed by atoms with E-state index in [1.807, 2.05) is 0 Å². The van der Waals surface area contributed by atoms with Gasteiger partial charge in [0, 0.05) is 25.9 Å². The van der Waals surface area contributed by atoms with Crippen LogP contribution in [0.15, 0.2) is 0 Å². The van der Waals surface area contributed by atoms with Crippen LogP contribution in [0.2, 0.25) is 0 Å². The average molecular weight is 231 g/mol. The summed E-state index contributed by atoms with van der Waals surface area (Å²) < 4.78 is 0. The third kappa shape index (κ3) is 8.95. The Morgan fingerprint density at radius 3 is 2.31 bits per heavy atom. The molecule has 0 aliphatic carbocycles. The van der Waals surface area contributed by atoms with Crippen LogP contribution in [0.5, 0.6) is 0 Å². The predicted octanol–water partition coefficient (Wildman–Crippen LogP) is -1.57. The molecule has 0 aliphatic heterocycles. The highest BCUT2D eigenvalue weighted by atomic mass is 16.4. The average Bonchev–Trinajstić information content (AvgIpc) is 2.22. The van der Waals surface area contributed by atoms with Crippen molar-refractivity contribution < 1.29 is 19.5 Å². The van der Waals surface area contributed by atoms with E-state index in [4.69, 9.17) is 10.8 Å². The van der Waals surface area contributed by atoms with Crippen LogP contribution >= 0.6 is 0 Å². The van der Waals surface area contributed by atoms with Crippen molar-refractivity contribution in [2.75, 3.05) is 19.6 Å². The van der Waals surface area contributed by atoms with Crippen molar-refractivity contribution in [1.82, 2.24) is 10.6 Å². The molecule has 7 nitrogen and oxygen atoms in total. The first-order valence-electron chi connectivity index (χ1n) is 5.01. The molecule has 0 spiro atoms. The molecule has 92 valence electrons. The van der Waals surface area contributed by atoms with Crippen LogP contribution in [0.4, 0.5) is 0 Å². The molecule has 0 aromatic heterocycles. The summed E-state index contributed by atoms with van der Waals surface area (Å²) in [7, 11) is 0. The summed E-state index contributed by atoms with van der Waals surface area (Å²) in [5.41, 5.74) is 5.15. The van der Waals surface area contributed by atoms with E-state index >= 15 is 0 Å². The Labute approximate surface area is 93.4 Å². The van der Waals surface area contributed by atoms with Crippen molar-refractivity contribution in [2.45, 2.75) is 19.3 Å². The van der Waals surface area contributed by atoms with Crippen molar-refractivity contribution in [1.29, 1.82) is 0 Å². The second-order valence-corrected chi connectivity index (χ2v) is 3.16. The molecule has 0 saturated carbocycles. The minimum absolute atomic E-state index is 0.0137. The second kappa shape index (κ2) is 8.66. The monoisotopic (exact) mass is 231 g/mol. The number of carboxylic acid groups (broad SMARTS) is 1. The van der Waals surface area contributed by atoms with Crippen LogP contribution in [0.3, 0.4) is 0 Å². The fraction of sp³-hybridized carbons (Fsp3) is 0.667. The number of amides is 2. The number of nitrogens with one attached hydrogen (secondary N) is 2. The Hall–Kier alpha value is -1.63. The number of aliphatic carboxylic acids is 1. The van der Waals surface area contributed by atoms with Crippen molar-refractivity contribution in [3.63, 3.8) is 0 Å². The fourth-order valence-electron chi connectivity index (χ4n) is 0.928. The Morgan fingerprint density at radius 1 is 1.06 bits per heavy atom. The van der Waals surface area contributed by atoms with Crippen LogP contribution < -0.4 is 16.4 Å². The lowest BCUT2D eigenvalue weighted by atomic mass is 10.3. The summed E-state index contributed by atoms with van der Waals surface area (Å²) in [6.45, 7) is 0.426. The third-order valence-corrected chi connectivity index (χ3v) is 1.71. The van der Waals surface area contributed by atoms with E-state index in [-0.39, 0.29) is 44.3 Å². The second-order valence-electron chi connectivity index (χ2n) is 3.16. The predicted molar refractivity (Wildman–Crippen MR) is 56.6 cm³/mol. The smallest absolute Gasteiger partial charge is 0.303 e. The van der Waals surface area contributed by atoms with Gasteiger partial charge in [-0.15, -0.1) is 0 Å². The lowest BCUT2D eigenvalue weighted by Crippen LogP contribution is -2.37. The summed E-state index contributed by atoms with van der Waals surface area (Å²) in [4.78, 5) is 32.2. The van der Waals surface area contributed by atoms with Gasteiger partial charge in [0.15, 0.2) is 0 Å². The van der Waals surface area contributed by atoms with Crippen molar-refractivity contribution in [2.24, 2.45) is 5.73 Å². The van der Waals surface area contributed by atoms with Gasteiger partial charge in [-0.05, 0) is 6.42 Å². The normalized spacial score (nSPS) is 9.56. The Morgan fingerprint density at radius 2 is 1.75 bits per heavy atom. The van der Waals surface area contributed by atoms with Crippen molar-refractivity contribution >= 4 is 17.8 Å². The molecule has 0 rings (SSSR count). The minimum atomic E-state index is -0.898. The number of carboxylic acids is 1. The van der Waals surface area contributed by atoms with Gasteiger partial charge in [0.1, 0.15) is 0 Å². The van der Waals surface area contributed by atoms with Crippen LogP contribution in [-0.4, -0.2) is 42.5 Å². The number of hydrogen-bond acceptors (Lipinski definition) is 4. The highest BCUT2D eigenvalue weighted by Crippen LogP contribution is 1.85. The Bertz CT molecular complexity index is 255. The quantitative estimate of drug-likeness (QED) is 0.376. The SMILES string of the molecule is NCCC(=O)NCC(=O)NCCCC(=O)O. The summed E-state index contributed by atoms with van der Waals surface area (Å²) in [6.07, 6.45) is 0.573. The molecule has 0 saturated heterocycles. The molecule has 0 unspecified atom stereocenters. The summed E-state index contributed by atoms with van der Waals surface area (Å²) in [5.74, 6) is -1.51. The third-order valence-electron chi connectivity index (χ3n) is 1.71. The number of rotatable bonds is 8. The molecular weight excluding hydrogens is 214 g/mol. The molecule has 2 amide bonds. The molecule has 0 aromatic carbocycles. The molecule has 0 aliphatic rings. The van der Waals surface area contributed by atoms with Gasteiger partial charge in [0.2, 0.25) is 11.8 Å². The number of carbonyl (C=O) groups is 3. The molecule has 0 bridgehead atoms. The van der Waals surface area contributed by atoms with Crippen molar-refractivity contribution in [3.8, 4) is 0 Å². The maximum Gasteiger partial charge on any atom is 0.303 e. The lowest BCUT2D eigenvalue weighted by molar-refractivity contribution is -0.137. The van der Waals surface area contributed by atoms with Gasteiger partial charge in [-0.1, -0.05) is 0 Å². The first-order valence-corrected chi connectivity index (χ1v) is 5.01. The molecule has 7 heteroatoms. The van der Waals surface area contributed by atoms with E-state index in [0.29, 0.717) is 6.42 Å². The molecule has 16 heavy (non-hydrogen) atoms. The van der Waals surface area contributed by atoms with Gasteiger partial charge >= 0.3 is 5.97 Å². The van der Waals surface area contributed by atoms with Crippen LogP contribution in [0.1, 0.15) is 19.3 Å². The Kier molecular flexibility index (Phi) is 7.78. The minimum Gasteiger partial charge on any atom is -0.481 e. The lowest BCUT2D eigenvalue weighted by Gasteiger charge is -2.05. The number of carbonyl (C=O) groups excluding carboxylic acids is 2. The van der Waals surface area contributed by atoms with Crippen LogP contribution in [0.25, 0.3) is 0 Å². The maximum atomic E-state index is 11.1. The first kappa shape index (κ1) is 14.4. The van der Waals surface area contributed by atoms with Gasteiger partial charge in [-0.3, -0.25) is 14.4 Å². The molecule has 0 aromatic rings. The molecule has 0 atom stereocenters. The van der Waals surface area contributed by atoms with Crippen molar-refractivity contribution in [3.05, 3.63) is 0 Å². The maximum absolute atomic E-state index is 11.1. The zero-order valence-corrected chi connectivity index (χ0v) is 8.99. The molecule has 5 N–H and O–H groups in total. The van der Waals surface area contributed by atoms with E-state index in [1.54, 1.807) is 0 Å². The van der Waals surface area contributed by atoms with Gasteiger partial charge < -0.3 is 21.5 Å². The largest absolute Gasteiger partial charge is 0.481 e. The van der Waals surface area contributed by atoms with Gasteiger partial charge in [0.05, 0.1) is 6.54 Å². The van der Waals surface area contributed by atoms with Gasteiger partial charge in [-0.2, -0.15) is 0 Å². The summed E-state index contributed by atoms with van der Waals surface area (Å²) >= 11 is 0. The topological polar surface area (TPSA) is 122 Å².